The number of rotatable bonds is 6. The molecule has 0 aromatic carbocycles. The SMILES string of the molecule is CC(=O)O[C@@H](C1C[C@@H](C)C2C(C[C@@]3(C)[C@@H]4CCC5C(C)(C)[C@@H](OC6CN(C7CN(C(=O)OC(C)(C)C)C7)CCO6)CCC56C[C@@]46CC[C@]23C)O1)C(C)(C)O. The molecule has 0 aromatic heterocycles. The Morgan fingerprint density at radius 1 is 0.907 bits per heavy atom. The standard InChI is InChI=1S/C44H72N2O8/c1-26-20-29(36(40(8,9)49)51-27(2)47)52-30-21-42(11)32-13-12-31-39(6,7)33(14-15-43(31)25-44(32,43)17-16-41(42,10)35(26)30)53-34-24-45(18-19-50-34)28-22-46(23-28)37(48)54-38(3,4)5/h26,28-36,49H,12-25H2,1-11H3/t26-,29?,30?,31?,32+,33+,34?,35?,36+,41-,42+,43?,44+/m1/s1. The number of hydrogen-bond acceptors (Lipinski definition) is 9. The van der Waals surface area contributed by atoms with Crippen LogP contribution in [-0.4, -0.2) is 108 Å². The van der Waals surface area contributed by atoms with Crippen LogP contribution in [0.3, 0.4) is 0 Å². The van der Waals surface area contributed by atoms with Crippen LogP contribution in [0.5, 0.6) is 0 Å². The number of carbonyl (C=O) groups excluding carboxylic acids is 2. The quantitative estimate of drug-likeness (QED) is 0.282. The van der Waals surface area contributed by atoms with Crippen LogP contribution >= 0.6 is 0 Å². The van der Waals surface area contributed by atoms with Crippen molar-refractivity contribution in [2.24, 2.45) is 50.7 Å². The number of ether oxygens (including phenoxy) is 5. The molecule has 306 valence electrons. The number of fused-ring (bicyclic) bond motifs is 4. The van der Waals surface area contributed by atoms with Crippen LogP contribution in [0, 0.1) is 50.7 Å². The molecule has 3 aliphatic heterocycles. The zero-order valence-electron chi connectivity index (χ0n) is 35.4. The monoisotopic (exact) mass is 757 g/mol. The summed E-state index contributed by atoms with van der Waals surface area (Å²) in [4.78, 5) is 29.0. The van der Waals surface area contributed by atoms with Gasteiger partial charge in [0.25, 0.3) is 0 Å². The lowest BCUT2D eigenvalue weighted by molar-refractivity contribution is -0.251. The van der Waals surface area contributed by atoms with Gasteiger partial charge in [0, 0.05) is 32.6 Å². The minimum absolute atomic E-state index is 0.0569. The van der Waals surface area contributed by atoms with Crippen molar-refractivity contribution < 1.29 is 38.4 Å². The maximum Gasteiger partial charge on any atom is 0.410 e. The van der Waals surface area contributed by atoms with Crippen molar-refractivity contribution in [1.29, 1.82) is 0 Å². The molecule has 0 bridgehead atoms. The summed E-state index contributed by atoms with van der Waals surface area (Å²) in [7, 11) is 0. The molecule has 0 radical (unpaired) electrons. The molecule has 54 heavy (non-hydrogen) atoms. The highest BCUT2D eigenvalue weighted by Gasteiger charge is 2.83. The van der Waals surface area contributed by atoms with Gasteiger partial charge < -0.3 is 33.7 Å². The molecule has 5 aliphatic carbocycles. The maximum absolute atomic E-state index is 12.6. The number of morpholine rings is 1. The first-order valence-corrected chi connectivity index (χ1v) is 21.6. The fourth-order valence-corrected chi connectivity index (χ4v) is 15.0. The largest absolute Gasteiger partial charge is 0.457 e. The number of likely N-dealkylation sites (tertiary alicyclic amines) is 1. The summed E-state index contributed by atoms with van der Waals surface area (Å²) in [5, 5.41) is 11.1. The Morgan fingerprint density at radius 3 is 2.26 bits per heavy atom. The van der Waals surface area contributed by atoms with E-state index in [0.29, 0.717) is 60.2 Å². The smallest absolute Gasteiger partial charge is 0.410 e. The minimum atomic E-state index is -1.18. The average Bonchev–Trinajstić information content (AvgIpc) is 3.62. The van der Waals surface area contributed by atoms with Gasteiger partial charge in [-0.2, -0.15) is 0 Å². The summed E-state index contributed by atoms with van der Waals surface area (Å²) in [6.07, 6.45) is 9.51. The number of nitrogens with zero attached hydrogens (tertiary/aromatic N) is 2. The van der Waals surface area contributed by atoms with Gasteiger partial charge in [0.2, 0.25) is 0 Å². The normalized spacial score (nSPS) is 46.5. The third-order valence-electron chi connectivity index (χ3n) is 17.4. The lowest BCUT2D eigenvalue weighted by Crippen LogP contribution is -2.64. The zero-order valence-corrected chi connectivity index (χ0v) is 35.4. The molecule has 5 saturated carbocycles. The summed E-state index contributed by atoms with van der Waals surface area (Å²) in [5.41, 5.74) is -0.425. The fourth-order valence-electron chi connectivity index (χ4n) is 15.0. The van der Waals surface area contributed by atoms with Gasteiger partial charge in [-0.25, -0.2) is 4.79 Å². The Hall–Kier alpha value is -1.46. The second kappa shape index (κ2) is 12.8. The van der Waals surface area contributed by atoms with E-state index in [0.717, 1.165) is 32.4 Å². The molecule has 8 aliphatic rings. The maximum atomic E-state index is 12.6. The van der Waals surface area contributed by atoms with Crippen molar-refractivity contribution in [2.75, 3.05) is 32.8 Å². The fraction of sp³-hybridized carbons (Fsp3) is 0.955. The summed E-state index contributed by atoms with van der Waals surface area (Å²) in [6, 6.07) is 0.325. The van der Waals surface area contributed by atoms with Crippen molar-refractivity contribution in [3.8, 4) is 0 Å². The molecule has 8 fully saturated rings. The van der Waals surface area contributed by atoms with Crippen LogP contribution in [0.1, 0.15) is 134 Å². The van der Waals surface area contributed by atoms with Gasteiger partial charge in [-0.15, -0.1) is 0 Å². The first-order chi connectivity index (χ1) is 25.0. The van der Waals surface area contributed by atoms with E-state index in [1.807, 2.05) is 25.7 Å². The molecule has 3 heterocycles. The molecule has 0 aromatic rings. The van der Waals surface area contributed by atoms with E-state index in [4.69, 9.17) is 23.7 Å². The topological polar surface area (TPSA) is 107 Å². The Bertz CT molecular complexity index is 1480. The molecular weight excluding hydrogens is 684 g/mol. The third kappa shape index (κ3) is 5.94. The van der Waals surface area contributed by atoms with Crippen LogP contribution in [0.25, 0.3) is 0 Å². The van der Waals surface area contributed by atoms with E-state index in [-0.39, 0.29) is 52.9 Å². The van der Waals surface area contributed by atoms with Crippen LogP contribution in [-0.2, 0) is 28.5 Å². The first-order valence-electron chi connectivity index (χ1n) is 21.6. The molecule has 6 unspecified atom stereocenters. The summed E-state index contributed by atoms with van der Waals surface area (Å²) < 4.78 is 31.7. The van der Waals surface area contributed by atoms with Gasteiger partial charge in [-0.1, -0.05) is 34.6 Å². The third-order valence-corrected chi connectivity index (χ3v) is 17.4. The zero-order chi connectivity index (χ0) is 39.0. The molecule has 8 rings (SSSR count). The summed E-state index contributed by atoms with van der Waals surface area (Å²) >= 11 is 0. The molecule has 1 amide bonds. The number of carbonyl (C=O) groups is 2. The van der Waals surface area contributed by atoms with Crippen molar-refractivity contribution in [1.82, 2.24) is 9.80 Å². The van der Waals surface area contributed by atoms with Crippen LogP contribution < -0.4 is 0 Å². The molecule has 1 N–H and O–H groups in total. The first kappa shape index (κ1) is 39.4. The number of amides is 1. The van der Waals surface area contributed by atoms with Crippen LogP contribution in [0.2, 0.25) is 0 Å². The van der Waals surface area contributed by atoms with E-state index in [2.05, 4.69) is 39.5 Å². The lowest BCUT2D eigenvalue weighted by atomic mass is 9.41. The highest BCUT2D eigenvalue weighted by atomic mass is 16.7. The minimum Gasteiger partial charge on any atom is -0.457 e. The Labute approximate surface area is 325 Å². The molecule has 13 atom stereocenters. The van der Waals surface area contributed by atoms with Crippen molar-refractivity contribution >= 4 is 12.1 Å². The van der Waals surface area contributed by atoms with Crippen molar-refractivity contribution in [2.45, 2.75) is 182 Å². The Morgan fingerprint density at radius 2 is 1.59 bits per heavy atom. The predicted octanol–water partition coefficient (Wildman–Crippen LogP) is 7.19. The van der Waals surface area contributed by atoms with Gasteiger partial charge in [-0.3, -0.25) is 9.69 Å². The van der Waals surface area contributed by atoms with Crippen LogP contribution in [0.4, 0.5) is 4.79 Å². The number of aliphatic hydroxyl groups is 1. The van der Waals surface area contributed by atoms with Gasteiger partial charge in [0.05, 0.1) is 37.1 Å². The van der Waals surface area contributed by atoms with E-state index in [9.17, 15) is 14.7 Å². The van der Waals surface area contributed by atoms with E-state index in [1.165, 1.54) is 45.4 Å². The molecule has 3 saturated heterocycles. The molecule has 2 spiro atoms. The lowest BCUT2D eigenvalue weighted by Gasteiger charge is -2.63. The second-order valence-corrected chi connectivity index (χ2v) is 22.2. The van der Waals surface area contributed by atoms with Gasteiger partial charge in [-0.05, 0) is 143 Å². The van der Waals surface area contributed by atoms with Gasteiger partial charge in [0.15, 0.2) is 12.4 Å². The Balaban J connectivity index is 0.935. The molecule has 10 nitrogen and oxygen atoms in total. The molecule has 10 heteroatoms. The summed E-state index contributed by atoms with van der Waals surface area (Å²) in [6.45, 7) is 26.9. The predicted molar refractivity (Wildman–Crippen MR) is 204 cm³/mol. The number of hydrogen-bond donors (Lipinski definition) is 1. The molecular formula is C44H72N2O8. The number of esters is 1. The van der Waals surface area contributed by atoms with E-state index in [1.54, 1.807) is 13.8 Å². The van der Waals surface area contributed by atoms with Gasteiger partial charge >= 0.3 is 12.1 Å². The average molecular weight is 757 g/mol. The van der Waals surface area contributed by atoms with Crippen LogP contribution in [0.15, 0.2) is 0 Å². The summed E-state index contributed by atoms with van der Waals surface area (Å²) in [5.74, 6) is 1.86. The second-order valence-electron chi connectivity index (χ2n) is 22.2. The van der Waals surface area contributed by atoms with Crippen molar-refractivity contribution in [3.05, 3.63) is 0 Å². The Kier molecular flexibility index (Phi) is 9.31. The highest BCUT2D eigenvalue weighted by Crippen LogP contribution is 2.89. The van der Waals surface area contributed by atoms with E-state index < -0.39 is 17.3 Å². The highest BCUT2D eigenvalue weighted by molar-refractivity contribution is 5.69. The van der Waals surface area contributed by atoms with Crippen molar-refractivity contribution in [3.63, 3.8) is 0 Å². The van der Waals surface area contributed by atoms with Gasteiger partial charge in [0.1, 0.15) is 5.60 Å². The van der Waals surface area contributed by atoms with E-state index >= 15 is 0 Å².